The van der Waals surface area contributed by atoms with Crippen molar-refractivity contribution in [2.45, 2.75) is 59.0 Å². The monoisotopic (exact) mass is 525 g/mol. The van der Waals surface area contributed by atoms with Crippen molar-refractivity contribution in [1.82, 2.24) is 9.88 Å². The number of amidine groups is 1. The summed E-state index contributed by atoms with van der Waals surface area (Å²) in [6.45, 7) is 9.95. The van der Waals surface area contributed by atoms with E-state index < -0.39 is 23.9 Å². The van der Waals surface area contributed by atoms with Gasteiger partial charge in [-0.25, -0.2) is 9.79 Å². The molecule has 1 fully saturated rings. The average molecular weight is 526 g/mol. The maximum Gasteiger partial charge on any atom is 0.337 e. The number of benzene rings is 2. The van der Waals surface area contributed by atoms with Crippen LogP contribution in [-0.4, -0.2) is 47.4 Å². The van der Waals surface area contributed by atoms with Crippen molar-refractivity contribution in [1.29, 1.82) is 0 Å². The van der Waals surface area contributed by atoms with Gasteiger partial charge < -0.3 is 19.4 Å². The van der Waals surface area contributed by atoms with Gasteiger partial charge in [0.2, 0.25) is 0 Å². The Balaban J connectivity index is 1.55. The lowest BCUT2D eigenvalue weighted by atomic mass is 9.74. The van der Waals surface area contributed by atoms with E-state index in [9.17, 15) is 9.59 Å². The third-order valence-electron chi connectivity index (χ3n) is 8.33. The number of hydrogen-bond donors (Lipinski definition) is 1. The largest absolute Gasteiger partial charge is 0.465 e. The first-order valence-electron chi connectivity index (χ1n) is 13.9. The molecule has 7 heteroatoms. The molecule has 4 heterocycles. The van der Waals surface area contributed by atoms with Gasteiger partial charge in [0, 0.05) is 42.5 Å². The van der Waals surface area contributed by atoms with Crippen LogP contribution in [0.15, 0.2) is 58.9 Å². The van der Waals surface area contributed by atoms with Crippen LogP contribution in [0.2, 0.25) is 0 Å². The number of aromatic nitrogens is 1. The van der Waals surface area contributed by atoms with Crippen molar-refractivity contribution in [2.24, 2.45) is 10.9 Å². The lowest BCUT2D eigenvalue weighted by molar-refractivity contribution is -0.148. The number of cyclic esters (lactones) is 1. The van der Waals surface area contributed by atoms with Gasteiger partial charge in [0.15, 0.2) is 0 Å². The molecule has 0 bridgehead atoms. The van der Waals surface area contributed by atoms with E-state index in [0.717, 1.165) is 64.8 Å². The standard InChI is InChI=1S/C32H35N3O4/c1-5-38-31(36)29-27(22-9-8-10-23-21(22)11-12-33-23)28-24(34-30(29)35-13-6-7-14-35)17-25(39-32(28)37)26-19(3)15-18(2)16-20(26)4/h8-12,15-16,25,27,29,33H,5-7,13-14,17H2,1-4H3. The van der Waals surface area contributed by atoms with Crippen LogP contribution in [0.1, 0.15) is 66.0 Å². The van der Waals surface area contributed by atoms with Crippen molar-refractivity contribution >= 4 is 28.7 Å². The molecule has 3 atom stereocenters. The third kappa shape index (κ3) is 4.34. The lowest BCUT2D eigenvalue weighted by Gasteiger charge is -2.39. The predicted molar refractivity (Wildman–Crippen MR) is 151 cm³/mol. The summed E-state index contributed by atoms with van der Waals surface area (Å²) >= 11 is 0. The zero-order chi connectivity index (χ0) is 27.3. The molecule has 3 aromatic rings. The van der Waals surface area contributed by atoms with Crippen LogP contribution in [0.5, 0.6) is 0 Å². The predicted octanol–water partition coefficient (Wildman–Crippen LogP) is 5.81. The number of likely N-dealkylation sites (tertiary alicyclic amines) is 1. The summed E-state index contributed by atoms with van der Waals surface area (Å²) in [6.07, 6.45) is 4.02. The number of aliphatic imine (C=N–C) groups is 1. The molecule has 0 spiro atoms. The highest BCUT2D eigenvalue weighted by molar-refractivity contribution is 6.08. The van der Waals surface area contributed by atoms with Crippen LogP contribution in [-0.2, 0) is 19.1 Å². The summed E-state index contributed by atoms with van der Waals surface area (Å²) in [4.78, 5) is 38.3. The van der Waals surface area contributed by atoms with Gasteiger partial charge in [0.25, 0.3) is 0 Å². The Morgan fingerprint density at radius 3 is 2.59 bits per heavy atom. The normalized spacial score (nSPS) is 23.1. The Hall–Kier alpha value is -3.87. The maximum atomic E-state index is 14.0. The minimum absolute atomic E-state index is 0.258. The van der Waals surface area contributed by atoms with Gasteiger partial charge in [0.1, 0.15) is 17.9 Å². The molecule has 1 aromatic heterocycles. The number of carbonyl (C=O) groups is 2. The van der Waals surface area contributed by atoms with Crippen molar-refractivity contribution in [3.8, 4) is 0 Å². The molecular weight excluding hydrogens is 490 g/mol. The molecule has 3 aliphatic heterocycles. The number of rotatable bonds is 4. The summed E-state index contributed by atoms with van der Waals surface area (Å²) in [5.74, 6) is -1.33. The van der Waals surface area contributed by atoms with E-state index in [4.69, 9.17) is 14.5 Å². The zero-order valence-electron chi connectivity index (χ0n) is 23.0. The molecule has 6 rings (SSSR count). The van der Waals surface area contributed by atoms with Crippen LogP contribution in [0.4, 0.5) is 0 Å². The summed E-state index contributed by atoms with van der Waals surface area (Å²) < 4.78 is 11.8. The fraction of sp³-hybridized carbons (Fsp3) is 0.406. The number of hydrogen-bond acceptors (Lipinski definition) is 6. The molecule has 1 N–H and O–H groups in total. The second-order valence-corrected chi connectivity index (χ2v) is 10.9. The van der Waals surface area contributed by atoms with Crippen LogP contribution < -0.4 is 0 Å². The lowest BCUT2D eigenvalue weighted by Crippen LogP contribution is -2.46. The summed E-state index contributed by atoms with van der Waals surface area (Å²) in [5, 5.41) is 0.978. The molecule has 0 aliphatic carbocycles. The van der Waals surface area contributed by atoms with Gasteiger partial charge in [0.05, 0.1) is 17.9 Å². The molecule has 7 nitrogen and oxygen atoms in total. The first-order valence-corrected chi connectivity index (χ1v) is 13.9. The number of aromatic amines is 1. The second kappa shape index (κ2) is 10.0. The van der Waals surface area contributed by atoms with E-state index >= 15 is 0 Å². The van der Waals surface area contributed by atoms with Crippen LogP contribution in [0, 0.1) is 26.7 Å². The van der Waals surface area contributed by atoms with Crippen molar-refractivity contribution in [2.75, 3.05) is 19.7 Å². The van der Waals surface area contributed by atoms with Crippen molar-refractivity contribution < 1.29 is 19.1 Å². The van der Waals surface area contributed by atoms with E-state index in [1.165, 1.54) is 5.56 Å². The van der Waals surface area contributed by atoms with E-state index in [1.807, 2.05) is 37.4 Å². The van der Waals surface area contributed by atoms with Gasteiger partial charge in [-0.15, -0.1) is 0 Å². The number of aryl methyl sites for hydroxylation is 3. The van der Waals surface area contributed by atoms with Gasteiger partial charge in [-0.2, -0.15) is 0 Å². The van der Waals surface area contributed by atoms with Crippen molar-refractivity contribution in [3.63, 3.8) is 0 Å². The SMILES string of the molecule is CCOC(=O)C1C(N2CCCC2)=NC2=C(C(=O)OC(c3c(C)cc(C)cc3C)C2)C1c1cccc2[nH]ccc12. The number of nitrogens with one attached hydrogen (secondary N) is 1. The molecule has 0 saturated carbocycles. The van der Waals surface area contributed by atoms with Gasteiger partial charge >= 0.3 is 11.9 Å². The highest BCUT2D eigenvalue weighted by Crippen LogP contribution is 2.48. The van der Waals surface area contributed by atoms with Crippen LogP contribution >= 0.6 is 0 Å². The maximum absolute atomic E-state index is 14.0. The summed E-state index contributed by atoms with van der Waals surface area (Å²) in [5.41, 5.74) is 7.48. The van der Waals surface area contributed by atoms with Crippen LogP contribution in [0.3, 0.4) is 0 Å². The van der Waals surface area contributed by atoms with E-state index in [2.05, 4.69) is 42.8 Å². The Labute approximate surface area is 228 Å². The Morgan fingerprint density at radius 1 is 1.13 bits per heavy atom. The van der Waals surface area contributed by atoms with Gasteiger partial charge in [-0.3, -0.25) is 4.79 Å². The molecule has 39 heavy (non-hydrogen) atoms. The highest BCUT2D eigenvalue weighted by Gasteiger charge is 2.49. The fourth-order valence-corrected chi connectivity index (χ4v) is 6.84. The molecular formula is C32H35N3O4. The number of H-pyrrole nitrogens is 1. The highest BCUT2D eigenvalue weighted by atomic mass is 16.5. The third-order valence-corrected chi connectivity index (χ3v) is 8.33. The minimum Gasteiger partial charge on any atom is -0.465 e. The number of esters is 2. The summed E-state index contributed by atoms with van der Waals surface area (Å²) in [7, 11) is 0. The molecule has 3 aliphatic rings. The van der Waals surface area contributed by atoms with Crippen LogP contribution in [0.25, 0.3) is 10.9 Å². The smallest absolute Gasteiger partial charge is 0.337 e. The first-order chi connectivity index (χ1) is 18.9. The fourth-order valence-electron chi connectivity index (χ4n) is 6.84. The minimum atomic E-state index is -0.728. The van der Waals surface area contributed by atoms with E-state index in [-0.39, 0.29) is 12.6 Å². The van der Waals surface area contributed by atoms with E-state index in [0.29, 0.717) is 17.8 Å². The first kappa shape index (κ1) is 25.4. The topological polar surface area (TPSA) is 84.0 Å². The Kier molecular flexibility index (Phi) is 6.53. The Morgan fingerprint density at radius 2 is 1.87 bits per heavy atom. The molecule has 1 saturated heterocycles. The van der Waals surface area contributed by atoms with Crippen molar-refractivity contribution in [3.05, 3.63) is 81.7 Å². The molecule has 3 unspecified atom stereocenters. The summed E-state index contributed by atoms with van der Waals surface area (Å²) in [6, 6.07) is 12.2. The number of ether oxygens (including phenoxy) is 2. The molecule has 0 amide bonds. The average Bonchev–Trinajstić information content (AvgIpc) is 3.59. The van der Waals surface area contributed by atoms with E-state index in [1.54, 1.807) is 0 Å². The zero-order valence-corrected chi connectivity index (χ0v) is 23.0. The quantitative estimate of drug-likeness (QED) is 0.435. The molecule has 202 valence electrons. The molecule has 0 radical (unpaired) electrons. The number of carbonyl (C=O) groups excluding carboxylic acids is 2. The van der Waals surface area contributed by atoms with Gasteiger partial charge in [-0.05, 0) is 74.9 Å². The Bertz CT molecular complexity index is 1500. The second-order valence-electron chi connectivity index (χ2n) is 10.9. The number of fused-ring (bicyclic) bond motifs is 1. The van der Waals surface area contributed by atoms with Gasteiger partial charge in [-0.1, -0.05) is 29.8 Å². The molecule has 2 aromatic carbocycles. The number of nitrogens with zero attached hydrogens (tertiary/aromatic N) is 2.